The fourth-order valence-electron chi connectivity index (χ4n) is 2.49. The van der Waals surface area contributed by atoms with Gasteiger partial charge in [-0.05, 0) is 47.5 Å². The van der Waals surface area contributed by atoms with Crippen LogP contribution in [-0.4, -0.2) is 13.1 Å². The topological polar surface area (TPSA) is 47.6 Å². The van der Waals surface area contributed by atoms with Crippen LogP contribution in [0.2, 0.25) is 0 Å². The van der Waals surface area contributed by atoms with Crippen LogP contribution in [0.4, 0.5) is 5.69 Å². The minimum absolute atomic E-state index is 0.324. The van der Waals surface area contributed by atoms with E-state index in [-0.39, 0.29) is 5.97 Å². The number of hydrogen-bond donors (Lipinski definition) is 1. The lowest BCUT2D eigenvalue weighted by molar-refractivity contribution is 0.0600. The summed E-state index contributed by atoms with van der Waals surface area (Å²) in [5.41, 5.74) is 3.79. The minimum atomic E-state index is -0.324. The van der Waals surface area contributed by atoms with Crippen molar-refractivity contribution in [3.8, 4) is 5.75 Å². The Labute approximate surface area is 153 Å². The fourth-order valence-corrected chi connectivity index (χ4v) is 2.49. The Hall–Kier alpha value is -3.27. The number of nitrogens with one attached hydrogen (secondary N) is 1. The van der Waals surface area contributed by atoms with Crippen LogP contribution in [0.1, 0.15) is 21.5 Å². The molecule has 0 aromatic heterocycles. The molecule has 0 saturated heterocycles. The molecule has 0 atom stereocenters. The molecule has 0 heterocycles. The van der Waals surface area contributed by atoms with E-state index in [0.29, 0.717) is 18.7 Å². The van der Waals surface area contributed by atoms with E-state index in [1.807, 2.05) is 66.7 Å². The average Bonchev–Trinajstić information content (AvgIpc) is 2.72. The van der Waals surface area contributed by atoms with Crippen molar-refractivity contribution in [1.82, 2.24) is 0 Å². The lowest BCUT2D eigenvalue weighted by atomic mass is 10.1. The summed E-state index contributed by atoms with van der Waals surface area (Å²) in [6.45, 7) is 1.23. The van der Waals surface area contributed by atoms with E-state index >= 15 is 0 Å². The number of esters is 1. The first kappa shape index (κ1) is 17.5. The highest BCUT2D eigenvalue weighted by molar-refractivity contribution is 5.89. The highest BCUT2D eigenvalue weighted by Gasteiger charge is 2.04. The number of hydrogen-bond acceptors (Lipinski definition) is 4. The number of carbonyl (C=O) groups excluding carboxylic acids is 1. The second-order valence-corrected chi connectivity index (χ2v) is 5.84. The third-order valence-electron chi connectivity index (χ3n) is 3.97. The van der Waals surface area contributed by atoms with Crippen molar-refractivity contribution >= 4 is 11.7 Å². The fraction of sp³-hybridized carbons (Fsp3) is 0.136. The molecule has 0 aliphatic carbocycles. The van der Waals surface area contributed by atoms with Gasteiger partial charge in [0.25, 0.3) is 0 Å². The van der Waals surface area contributed by atoms with Crippen molar-refractivity contribution in [3.63, 3.8) is 0 Å². The predicted octanol–water partition coefficient (Wildman–Crippen LogP) is 4.66. The smallest absolute Gasteiger partial charge is 0.337 e. The van der Waals surface area contributed by atoms with Crippen LogP contribution >= 0.6 is 0 Å². The largest absolute Gasteiger partial charge is 0.489 e. The molecule has 0 saturated carbocycles. The zero-order valence-electron chi connectivity index (χ0n) is 14.6. The standard InChI is InChI=1S/C22H21NO3/c1-25-22(24)19-9-7-17(8-10-19)15-23-20-11-13-21(14-12-20)26-16-18-5-3-2-4-6-18/h2-14,23H,15-16H2,1H3. The summed E-state index contributed by atoms with van der Waals surface area (Å²) in [6.07, 6.45) is 0. The van der Waals surface area contributed by atoms with E-state index in [2.05, 4.69) is 5.32 Å². The molecule has 0 unspecified atom stereocenters. The van der Waals surface area contributed by atoms with E-state index in [0.717, 1.165) is 22.6 Å². The Morgan fingerprint density at radius 3 is 2.19 bits per heavy atom. The maximum Gasteiger partial charge on any atom is 0.337 e. The van der Waals surface area contributed by atoms with Crippen LogP contribution in [-0.2, 0) is 17.9 Å². The van der Waals surface area contributed by atoms with Gasteiger partial charge in [-0.3, -0.25) is 0 Å². The van der Waals surface area contributed by atoms with Gasteiger partial charge in [-0.2, -0.15) is 0 Å². The lowest BCUT2D eigenvalue weighted by Gasteiger charge is -2.09. The number of methoxy groups -OCH3 is 1. The van der Waals surface area contributed by atoms with Crippen molar-refractivity contribution in [2.45, 2.75) is 13.2 Å². The predicted molar refractivity (Wildman–Crippen MR) is 102 cm³/mol. The molecular weight excluding hydrogens is 326 g/mol. The molecule has 4 nitrogen and oxygen atoms in total. The summed E-state index contributed by atoms with van der Waals surface area (Å²) in [7, 11) is 1.38. The van der Waals surface area contributed by atoms with Gasteiger partial charge in [0.05, 0.1) is 12.7 Å². The second-order valence-electron chi connectivity index (χ2n) is 5.84. The highest BCUT2D eigenvalue weighted by atomic mass is 16.5. The molecule has 0 radical (unpaired) electrons. The van der Waals surface area contributed by atoms with Gasteiger partial charge >= 0.3 is 5.97 Å². The van der Waals surface area contributed by atoms with Crippen LogP contribution in [0.25, 0.3) is 0 Å². The van der Waals surface area contributed by atoms with Crippen LogP contribution in [0, 0.1) is 0 Å². The maximum atomic E-state index is 11.4. The van der Waals surface area contributed by atoms with Crippen molar-refractivity contribution in [2.24, 2.45) is 0 Å². The zero-order valence-corrected chi connectivity index (χ0v) is 14.6. The third kappa shape index (κ3) is 4.86. The highest BCUT2D eigenvalue weighted by Crippen LogP contribution is 2.18. The van der Waals surface area contributed by atoms with Gasteiger partial charge in [0.1, 0.15) is 12.4 Å². The molecule has 3 aromatic rings. The summed E-state index contributed by atoms with van der Waals surface area (Å²) in [4.78, 5) is 11.4. The normalized spacial score (nSPS) is 10.2. The van der Waals surface area contributed by atoms with Gasteiger partial charge in [0.2, 0.25) is 0 Å². The Morgan fingerprint density at radius 1 is 0.846 bits per heavy atom. The molecule has 3 aromatic carbocycles. The molecule has 0 spiro atoms. The Morgan fingerprint density at radius 2 is 1.54 bits per heavy atom. The Bertz CT molecular complexity index is 828. The van der Waals surface area contributed by atoms with Crippen LogP contribution in [0.3, 0.4) is 0 Å². The molecule has 0 aliphatic heterocycles. The molecule has 0 amide bonds. The number of carbonyl (C=O) groups is 1. The zero-order chi connectivity index (χ0) is 18.2. The SMILES string of the molecule is COC(=O)c1ccc(CNc2ccc(OCc3ccccc3)cc2)cc1. The van der Waals surface area contributed by atoms with Crippen molar-refractivity contribution < 1.29 is 14.3 Å². The molecule has 0 fully saturated rings. The molecule has 1 N–H and O–H groups in total. The quantitative estimate of drug-likeness (QED) is 0.631. The van der Waals surface area contributed by atoms with E-state index in [4.69, 9.17) is 9.47 Å². The van der Waals surface area contributed by atoms with Crippen molar-refractivity contribution in [3.05, 3.63) is 95.6 Å². The summed E-state index contributed by atoms with van der Waals surface area (Å²) >= 11 is 0. The van der Waals surface area contributed by atoms with E-state index in [1.165, 1.54) is 7.11 Å². The van der Waals surface area contributed by atoms with E-state index in [9.17, 15) is 4.79 Å². The molecule has 132 valence electrons. The monoisotopic (exact) mass is 347 g/mol. The first-order chi connectivity index (χ1) is 12.7. The molecule has 3 rings (SSSR count). The van der Waals surface area contributed by atoms with Gasteiger partial charge in [0.15, 0.2) is 0 Å². The van der Waals surface area contributed by atoms with Crippen LogP contribution in [0.5, 0.6) is 5.75 Å². The first-order valence-electron chi connectivity index (χ1n) is 8.42. The Balaban J connectivity index is 1.50. The van der Waals surface area contributed by atoms with E-state index < -0.39 is 0 Å². The summed E-state index contributed by atoms with van der Waals surface area (Å²) in [5, 5.41) is 3.35. The number of rotatable bonds is 7. The first-order valence-corrected chi connectivity index (χ1v) is 8.42. The third-order valence-corrected chi connectivity index (χ3v) is 3.97. The van der Waals surface area contributed by atoms with Crippen molar-refractivity contribution in [1.29, 1.82) is 0 Å². The molecule has 26 heavy (non-hydrogen) atoms. The van der Waals surface area contributed by atoms with Crippen molar-refractivity contribution in [2.75, 3.05) is 12.4 Å². The molecule has 0 bridgehead atoms. The summed E-state index contributed by atoms with van der Waals surface area (Å²) in [5.74, 6) is 0.512. The number of anilines is 1. The van der Waals surface area contributed by atoms with Crippen LogP contribution < -0.4 is 10.1 Å². The average molecular weight is 347 g/mol. The molecular formula is C22H21NO3. The Kier molecular flexibility index (Phi) is 5.88. The second kappa shape index (κ2) is 8.72. The van der Waals surface area contributed by atoms with Gasteiger partial charge < -0.3 is 14.8 Å². The summed E-state index contributed by atoms with van der Waals surface area (Å²) in [6, 6.07) is 25.3. The minimum Gasteiger partial charge on any atom is -0.489 e. The number of benzene rings is 3. The van der Waals surface area contributed by atoms with Gasteiger partial charge in [0, 0.05) is 12.2 Å². The molecule has 4 heteroatoms. The maximum absolute atomic E-state index is 11.4. The molecule has 0 aliphatic rings. The number of ether oxygens (including phenoxy) is 2. The van der Waals surface area contributed by atoms with E-state index in [1.54, 1.807) is 12.1 Å². The lowest BCUT2D eigenvalue weighted by Crippen LogP contribution is -2.03. The van der Waals surface area contributed by atoms with Crippen LogP contribution in [0.15, 0.2) is 78.9 Å². The van der Waals surface area contributed by atoms with Gasteiger partial charge in [-0.1, -0.05) is 42.5 Å². The van der Waals surface area contributed by atoms with Gasteiger partial charge in [-0.25, -0.2) is 4.79 Å². The summed E-state index contributed by atoms with van der Waals surface area (Å²) < 4.78 is 10.5. The van der Waals surface area contributed by atoms with Gasteiger partial charge in [-0.15, -0.1) is 0 Å².